The van der Waals surface area contributed by atoms with E-state index in [1.54, 1.807) is 24.3 Å². The lowest BCUT2D eigenvalue weighted by atomic mass is 9.97. The van der Waals surface area contributed by atoms with Crippen molar-refractivity contribution in [2.45, 2.75) is 31.3 Å². The van der Waals surface area contributed by atoms with Crippen LogP contribution in [0.25, 0.3) is 0 Å². The summed E-state index contributed by atoms with van der Waals surface area (Å²) in [6, 6.07) is 5.60. The molecule has 10 heteroatoms. The summed E-state index contributed by atoms with van der Waals surface area (Å²) in [5.74, 6) is -0.637. The Balaban J connectivity index is 1.62. The molecule has 8 nitrogen and oxygen atoms in total. The van der Waals surface area contributed by atoms with Gasteiger partial charge in [0.1, 0.15) is 5.00 Å². The van der Waals surface area contributed by atoms with E-state index in [2.05, 4.69) is 10.6 Å². The number of rotatable bonds is 3. The van der Waals surface area contributed by atoms with E-state index in [1.807, 2.05) is 0 Å². The molecule has 0 aliphatic carbocycles. The molecule has 2 aliphatic heterocycles. The van der Waals surface area contributed by atoms with Gasteiger partial charge in [-0.05, 0) is 49.1 Å². The van der Waals surface area contributed by atoms with Gasteiger partial charge in [0.05, 0.1) is 11.6 Å². The Labute approximate surface area is 169 Å². The Hall–Kier alpha value is -2.78. The summed E-state index contributed by atoms with van der Waals surface area (Å²) < 4.78 is 0. The molecule has 5 N–H and O–H groups in total. The molecule has 0 radical (unpaired) electrons. The molecular weight excluding hydrogens is 404 g/mol. The van der Waals surface area contributed by atoms with Gasteiger partial charge in [-0.25, -0.2) is 9.59 Å². The van der Waals surface area contributed by atoms with Gasteiger partial charge in [-0.15, -0.1) is 11.3 Å². The van der Waals surface area contributed by atoms with Crippen LogP contribution < -0.4 is 16.4 Å². The molecule has 1 aromatic heterocycles. The van der Waals surface area contributed by atoms with Crippen molar-refractivity contribution in [1.29, 1.82) is 0 Å². The van der Waals surface area contributed by atoms with Crippen LogP contribution in [0.2, 0.25) is 5.02 Å². The number of carboxylic acid groups (broad SMARTS) is 1. The minimum absolute atomic E-state index is 0.168. The van der Waals surface area contributed by atoms with Crippen molar-refractivity contribution in [2.75, 3.05) is 10.6 Å². The van der Waals surface area contributed by atoms with E-state index in [4.69, 9.17) is 17.3 Å². The van der Waals surface area contributed by atoms with E-state index in [1.165, 1.54) is 16.2 Å². The second kappa shape index (κ2) is 6.99. The smallest absolute Gasteiger partial charge is 0.408 e. The highest BCUT2D eigenvalue weighted by atomic mass is 35.5. The van der Waals surface area contributed by atoms with Crippen LogP contribution in [0.5, 0.6) is 0 Å². The van der Waals surface area contributed by atoms with Gasteiger partial charge in [-0.2, -0.15) is 0 Å². The molecule has 2 bridgehead atoms. The van der Waals surface area contributed by atoms with E-state index >= 15 is 0 Å². The Morgan fingerprint density at radius 1 is 1.18 bits per heavy atom. The maximum absolute atomic E-state index is 12.4. The van der Waals surface area contributed by atoms with Crippen molar-refractivity contribution >= 4 is 51.7 Å². The lowest BCUT2D eigenvalue weighted by Gasteiger charge is -2.32. The fourth-order valence-electron chi connectivity index (χ4n) is 3.97. The van der Waals surface area contributed by atoms with Crippen molar-refractivity contribution < 1.29 is 19.5 Å². The number of carbonyl (C=O) groups is 3. The number of hydrogen-bond donors (Lipinski definition) is 4. The minimum Gasteiger partial charge on any atom is -0.465 e. The lowest BCUT2D eigenvalue weighted by Crippen LogP contribution is -2.40. The summed E-state index contributed by atoms with van der Waals surface area (Å²) in [4.78, 5) is 38.3. The molecule has 146 valence electrons. The maximum Gasteiger partial charge on any atom is 0.408 e. The molecule has 2 aliphatic rings. The largest absolute Gasteiger partial charge is 0.465 e. The third-order valence-electron chi connectivity index (χ3n) is 5.08. The van der Waals surface area contributed by atoms with Crippen molar-refractivity contribution in [2.24, 2.45) is 5.73 Å². The van der Waals surface area contributed by atoms with Gasteiger partial charge in [0.25, 0.3) is 5.91 Å². The summed E-state index contributed by atoms with van der Waals surface area (Å²) >= 11 is 7.05. The fourth-order valence-corrected chi connectivity index (χ4v) is 5.46. The zero-order valence-corrected chi connectivity index (χ0v) is 16.1. The zero-order chi connectivity index (χ0) is 20.0. The van der Waals surface area contributed by atoms with Gasteiger partial charge in [0.15, 0.2) is 0 Å². The Kier molecular flexibility index (Phi) is 4.64. The summed E-state index contributed by atoms with van der Waals surface area (Å²) in [5.41, 5.74) is 7.15. The predicted octanol–water partition coefficient (Wildman–Crippen LogP) is 3.88. The van der Waals surface area contributed by atoms with E-state index < -0.39 is 18.0 Å². The maximum atomic E-state index is 12.4. The number of amides is 4. The van der Waals surface area contributed by atoms with E-state index in [0.717, 1.165) is 16.9 Å². The number of nitrogens with two attached hydrogens (primary N) is 1. The molecule has 4 rings (SSSR count). The summed E-state index contributed by atoms with van der Waals surface area (Å²) in [6.07, 6.45) is 0.894. The number of carbonyl (C=O) groups excluding carboxylic acids is 2. The second-order valence-electron chi connectivity index (χ2n) is 6.74. The highest BCUT2D eigenvalue weighted by Gasteiger charge is 2.45. The molecule has 1 saturated heterocycles. The molecule has 1 fully saturated rings. The van der Waals surface area contributed by atoms with Crippen molar-refractivity contribution in [3.8, 4) is 0 Å². The third kappa shape index (κ3) is 3.16. The third-order valence-corrected chi connectivity index (χ3v) is 6.58. The number of thiophene rings is 1. The average Bonchev–Trinajstić information content (AvgIpc) is 3.15. The molecule has 2 atom stereocenters. The molecule has 4 amide bonds. The number of benzene rings is 1. The summed E-state index contributed by atoms with van der Waals surface area (Å²) in [6.45, 7) is 0. The number of halogens is 1. The molecule has 1 aromatic carbocycles. The minimum atomic E-state index is -0.970. The van der Waals surface area contributed by atoms with Crippen molar-refractivity contribution in [1.82, 2.24) is 4.90 Å². The number of fused-ring (bicyclic) bond motifs is 4. The SMILES string of the molecule is NC(=O)c1c(NC(=O)Nc2ccc(Cl)cc2)sc2c1CC1CCC2N1C(=O)O. The van der Waals surface area contributed by atoms with E-state index in [9.17, 15) is 19.5 Å². The van der Waals surface area contributed by atoms with Crippen LogP contribution in [0.4, 0.5) is 20.3 Å². The number of primary amides is 1. The first-order valence-corrected chi connectivity index (χ1v) is 9.84. The molecule has 0 saturated carbocycles. The van der Waals surface area contributed by atoms with Gasteiger partial charge in [0, 0.05) is 21.6 Å². The molecule has 0 spiro atoms. The van der Waals surface area contributed by atoms with Gasteiger partial charge in [0.2, 0.25) is 0 Å². The molecule has 28 heavy (non-hydrogen) atoms. The molecular formula is C18H17ClN4O4S. The molecule has 3 heterocycles. The Morgan fingerprint density at radius 3 is 2.54 bits per heavy atom. The normalized spacial score (nSPS) is 19.8. The number of nitrogens with one attached hydrogen (secondary N) is 2. The van der Waals surface area contributed by atoms with Crippen LogP contribution in [0, 0.1) is 0 Å². The molecule has 2 unspecified atom stereocenters. The van der Waals surface area contributed by atoms with Gasteiger partial charge in [-0.1, -0.05) is 11.6 Å². The predicted molar refractivity (Wildman–Crippen MR) is 106 cm³/mol. The van der Waals surface area contributed by atoms with Gasteiger partial charge in [-0.3, -0.25) is 15.0 Å². The van der Waals surface area contributed by atoms with Gasteiger partial charge < -0.3 is 16.2 Å². The monoisotopic (exact) mass is 420 g/mol. The van der Waals surface area contributed by atoms with Gasteiger partial charge >= 0.3 is 12.1 Å². The Morgan fingerprint density at radius 2 is 1.89 bits per heavy atom. The van der Waals surface area contributed by atoms with Crippen molar-refractivity contribution in [3.05, 3.63) is 45.3 Å². The first-order valence-electron chi connectivity index (χ1n) is 8.65. The fraction of sp³-hybridized carbons (Fsp3) is 0.278. The van der Waals surface area contributed by atoms with Crippen LogP contribution in [0.3, 0.4) is 0 Å². The van der Waals surface area contributed by atoms with Crippen LogP contribution >= 0.6 is 22.9 Å². The quantitative estimate of drug-likeness (QED) is 0.601. The summed E-state index contributed by atoms with van der Waals surface area (Å²) in [5, 5.41) is 15.7. The van der Waals surface area contributed by atoms with Crippen LogP contribution in [0.15, 0.2) is 24.3 Å². The lowest BCUT2D eigenvalue weighted by molar-refractivity contribution is 0.0999. The highest BCUT2D eigenvalue weighted by Crippen LogP contribution is 2.50. The number of nitrogens with zero attached hydrogens (tertiary/aromatic N) is 1. The Bertz CT molecular complexity index is 975. The zero-order valence-electron chi connectivity index (χ0n) is 14.6. The highest BCUT2D eigenvalue weighted by molar-refractivity contribution is 7.17. The number of urea groups is 1. The summed E-state index contributed by atoms with van der Waals surface area (Å²) in [7, 11) is 0. The first-order chi connectivity index (χ1) is 13.3. The van der Waals surface area contributed by atoms with E-state index in [0.29, 0.717) is 28.6 Å². The standard InChI is InChI=1S/C18H17ClN4O4S/c19-8-1-3-9(4-2-8)21-17(25)22-16-13(15(20)24)11-7-10-5-6-12(14(11)28-16)23(10)18(26)27/h1-4,10,12H,5-7H2,(H2,20,24)(H,26,27)(H2,21,22,25). The van der Waals surface area contributed by atoms with Crippen molar-refractivity contribution in [3.63, 3.8) is 0 Å². The number of anilines is 2. The molecule has 2 aromatic rings. The topological polar surface area (TPSA) is 125 Å². The van der Waals surface area contributed by atoms with E-state index in [-0.39, 0.29) is 17.6 Å². The first kappa shape index (κ1) is 18.6. The second-order valence-corrected chi connectivity index (χ2v) is 8.23. The average molecular weight is 421 g/mol. The van der Waals surface area contributed by atoms with Crippen LogP contribution in [0.1, 0.15) is 39.7 Å². The van der Waals surface area contributed by atoms with Crippen LogP contribution in [-0.2, 0) is 6.42 Å². The van der Waals surface area contributed by atoms with Crippen LogP contribution in [-0.4, -0.2) is 34.1 Å². The number of hydrogen-bond acceptors (Lipinski definition) is 4.